The standard InChI is InChI=1S/C19H23NO7/c1-11(21)25-16-10-24-19(18(27-13(3)23)17(16)26-12(2)22)20-9-8-14-6-4-5-7-15(14)20/h4-7,16-19H,8-10H2,1-3H3/t16-,17-,18-,19-/m1/s1. The van der Waals surface area contributed by atoms with Crippen molar-refractivity contribution < 1.29 is 33.3 Å². The predicted molar refractivity (Wildman–Crippen MR) is 93.9 cm³/mol. The van der Waals surface area contributed by atoms with Gasteiger partial charge in [0.1, 0.15) is 0 Å². The molecule has 0 amide bonds. The minimum atomic E-state index is -0.957. The molecule has 1 aromatic carbocycles. The van der Waals surface area contributed by atoms with Gasteiger partial charge in [-0.3, -0.25) is 14.4 Å². The number of para-hydroxylation sites is 1. The van der Waals surface area contributed by atoms with Crippen molar-refractivity contribution in [1.82, 2.24) is 0 Å². The highest BCUT2D eigenvalue weighted by Gasteiger charge is 2.49. The van der Waals surface area contributed by atoms with E-state index in [1.165, 1.54) is 20.8 Å². The van der Waals surface area contributed by atoms with Crippen LogP contribution in [0.15, 0.2) is 24.3 Å². The molecule has 0 saturated carbocycles. The van der Waals surface area contributed by atoms with Gasteiger partial charge in [-0.25, -0.2) is 0 Å². The Hall–Kier alpha value is -2.61. The molecule has 0 spiro atoms. The molecule has 0 bridgehead atoms. The van der Waals surface area contributed by atoms with Crippen LogP contribution in [0.4, 0.5) is 5.69 Å². The van der Waals surface area contributed by atoms with E-state index in [-0.39, 0.29) is 6.61 Å². The van der Waals surface area contributed by atoms with Crippen molar-refractivity contribution in [3.63, 3.8) is 0 Å². The number of anilines is 1. The van der Waals surface area contributed by atoms with Gasteiger partial charge >= 0.3 is 17.9 Å². The molecule has 27 heavy (non-hydrogen) atoms. The smallest absolute Gasteiger partial charge is 0.303 e. The summed E-state index contributed by atoms with van der Waals surface area (Å²) in [4.78, 5) is 36.8. The summed E-state index contributed by atoms with van der Waals surface area (Å²) in [6, 6.07) is 7.89. The van der Waals surface area contributed by atoms with Crippen molar-refractivity contribution in [1.29, 1.82) is 0 Å². The molecule has 0 unspecified atom stereocenters. The highest BCUT2D eigenvalue weighted by atomic mass is 16.6. The van der Waals surface area contributed by atoms with E-state index in [1.807, 2.05) is 29.2 Å². The van der Waals surface area contributed by atoms with E-state index >= 15 is 0 Å². The molecule has 0 N–H and O–H groups in total. The molecule has 0 aromatic heterocycles. The van der Waals surface area contributed by atoms with Gasteiger partial charge < -0.3 is 23.8 Å². The van der Waals surface area contributed by atoms with Crippen molar-refractivity contribution in [2.24, 2.45) is 0 Å². The molecule has 4 atom stereocenters. The van der Waals surface area contributed by atoms with E-state index in [2.05, 4.69) is 0 Å². The summed E-state index contributed by atoms with van der Waals surface area (Å²) >= 11 is 0. The van der Waals surface area contributed by atoms with Crippen molar-refractivity contribution >= 4 is 23.6 Å². The van der Waals surface area contributed by atoms with Crippen LogP contribution in [-0.4, -0.2) is 55.6 Å². The van der Waals surface area contributed by atoms with E-state index < -0.39 is 42.4 Å². The zero-order valence-electron chi connectivity index (χ0n) is 15.5. The molecule has 146 valence electrons. The van der Waals surface area contributed by atoms with Gasteiger partial charge in [0.15, 0.2) is 24.5 Å². The lowest BCUT2D eigenvalue weighted by molar-refractivity contribution is -0.225. The Morgan fingerprint density at radius 2 is 1.59 bits per heavy atom. The number of ether oxygens (including phenoxy) is 4. The summed E-state index contributed by atoms with van der Waals surface area (Å²) in [5.74, 6) is -1.63. The van der Waals surface area contributed by atoms with Gasteiger partial charge in [-0.15, -0.1) is 0 Å². The molecule has 1 aromatic rings. The Morgan fingerprint density at radius 3 is 2.26 bits per heavy atom. The third-order valence-electron chi connectivity index (χ3n) is 4.55. The van der Waals surface area contributed by atoms with Crippen molar-refractivity contribution in [3.05, 3.63) is 29.8 Å². The molecule has 0 aliphatic carbocycles. The molecule has 8 heteroatoms. The monoisotopic (exact) mass is 377 g/mol. The number of carbonyl (C=O) groups excluding carboxylic acids is 3. The number of fused-ring (bicyclic) bond motifs is 1. The first-order valence-corrected chi connectivity index (χ1v) is 8.84. The van der Waals surface area contributed by atoms with Gasteiger partial charge in [0.2, 0.25) is 0 Å². The number of hydrogen-bond donors (Lipinski definition) is 0. The maximum Gasteiger partial charge on any atom is 0.303 e. The number of hydrogen-bond acceptors (Lipinski definition) is 8. The minimum Gasteiger partial charge on any atom is -0.456 e. The highest BCUT2D eigenvalue weighted by Crippen LogP contribution is 2.35. The Kier molecular flexibility index (Phi) is 5.65. The van der Waals surface area contributed by atoms with Gasteiger partial charge in [0, 0.05) is 33.0 Å². The van der Waals surface area contributed by atoms with E-state index in [4.69, 9.17) is 18.9 Å². The summed E-state index contributed by atoms with van der Waals surface area (Å²) in [6.07, 6.45) is -2.58. The lowest BCUT2D eigenvalue weighted by atomic mass is 10.0. The molecular formula is C19H23NO7. The predicted octanol–water partition coefficient (Wildman–Crippen LogP) is 1.20. The third kappa shape index (κ3) is 4.21. The normalized spacial score (nSPS) is 26.9. The second-order valence-electron chi connectivity index (χ2n) is 6.59. The fourth-order valence-corrected chi connectivity index (χ4v) is 3.62. The van der Waals surface area contributed by atoms with Gasteiger partial charge in [0.25, 0.3) is 0 Å². The van der Waals surface area contributed by atoms with Crippen LogP contribution in [0.5, 0.6) is 0 Å². The van der Waals surface area contributed by atoms with Crippen LogP contribution in [-0.2, 0) is 39.8 Å². The Morgan fingerprint density at radius 1 is 0.963 bits per heavy atom. The van der Waals surface area contributed by atoms with Gasteiger partial charge in [0.05, 0.1) is 6.61 Å². The summed E-state index contributed by atoms with van der Waals surface area (Å²) < 4.78 is 22.1. The second-order valence-corrected chi connectivity index (χ2v) is 6.59. The van der Waals surface area contributed by atoms with Crippen LogP contribution in [0.25, 0.3) is 0 Å². The van der Waals surface area contributed by atoms with Crippen LogP contribution >= 0.6 is 0 Å². The number of esters is 3. The first-order chi connectivity index (χ1) is 12.9. The minimum absolute atomic E-state index is 0.0264. The van der Waals surface area contributed by atoms with Crippen LogP contribution < -0.4 is 4.90 Å². The number of carbonyl (C=O) groups is 3. The largest absolute Gasteiger partial charge is 0.456 e. The summed E-state index contributed by atoms with van der Waals surface area (Å²) in [5, 5.41) is 0. The first-order valence-electron chi connectivity index (χ1n) is 8.84. The maximum atomic E-state index is 11.7. The van der Waals surface area contributed by atoms with Crippen molar-refractivity contribution in [3.8, 4) is 0 Å². The van der Waals surface area contributed by atoms with Gasteiger partial charge in [-0.2, -0.15) is 0 Å². The van der Waals surface area contributed by atoms with Gasteiger partial charge in [-0.05, 0) is 18.1 Å². The highest BCUT2D eigenvalue weighted by molar-refractivity contribution is 5.68. The second kappa shape index (κ2) is 7.96. The zero-order valence-corrected chi connectivity index (χ0v) is 15.5. The maximum absolute atomic E-state index is 11.7. The molecule has 8 nitrogen and oxygen atoms in total. The SMILES string of the molecule is CC(=O)O[C@@H]1[C@H](OC(C)=O)[C@H](OC(C)=O)CO[C@H]1N1CCc2ccccc21. The fourth-order valence-electron chi connectivity index (χ4n) is 3.62. The van der Waals surface area contributed by atoms with Crippen LogP contribution in [0, 0.1) is 0 Å². The average Bonchev–Trinajstić information content (AvgIpc) is 3.00. The van der Waals surface area contributed by atoms with E-state index in [0.29, 0.717) is 6.54 Å². The topological polar surface area (TPSA) is 91.4 Å². The number of benzene rings is 1. The summed E-state index contributed by atoms with van der Waals surface area (Å²) in [6.45, 7) is 4.49. The molecule has 2 aliphatic heterocycles. The third-order valence-corrected chi connectivity index (χ3v) is 4.55. The number of nitrogens with zero attached hydrogens (tertiary/aromatic N) is 1. The Balaban J connectivity index is 1.92. The number of rotatable bonds is 4. The molecule has 1 saturated heterocycles. The van der Waals surface area contributed by atoms with Crippen molar-refractivity contribution in [2.45, 2.75) is 51.7 Å². The molecule has 2 aliphatic rings. The molecule has 0 radical (unpaired) electrons. The van der Waals surface area contributed by atoms with E-state index in [0.717, 1.165) is 17.7 Å². The lowest BCUT2D eigenvalue weighted by Gasteiger charge is -2.44. The van der Waals surface area contributed by atoms with E-state index in [1.54, 1.807) is 0 Å². The molecular weight excluding hydrogens is 354 g/mol. The molecule has 2 heterocycles. The summed E-state index contributed by atoms with van der Waals surface area (Å²) in [5.41, 5.74) is 2.14. The van der Waals surface area contributed by atoms with E-state index in [9.17, 15) is 14.4 Å². The Labute approximate surface area is 157 Å². The van der Waals surface area contributed by atoms with Crippen LogP contribution in [0.2, 0.25) is 0 Å². The zero-order chi connectivity index (χ0) is 19.6. The first kappa shape index (κ1) is 19.2. The van der Waals surface area contributed by atoms with Crippen LogP contribution in [0.3, 0.4) is 0 Å². The molecule has 3 rings (SSSR count). The average molecular weight is 377 g/mol. The lowest BCUT2D eigenvalue weighted by Crippen LogP contribution is -2.62. The Bertz CT molecular complexity index is 735. The van der Waals surface area contributed by atoms with Crippen molar-refractivity contribution in [2.75, 3.05) is 18.1 Å². The molecule has 1 fully saturated rings. The van der Waals surface area contributed by atoms with Crippen LogP contribution in [0.1, 0.15) is 26.3 Å². The fraction of sp³-hybridized carbons (Fsp3) is 0.526. The van der Waals surface area contributed by atoms with Gasteiger partial charge in [-0.1, -0.05) is 18.2 Å². The quantitative estimate of drug-likeness (QED) is 0.571. The summed E-state index contributed by atoms with van der Waals surface area (Å²) in [7, 11) is 0.